The van der Waals surface area contributed by atoms with E-state index < -0.39 is 0 Å². The minimum Gasteiger partial charge on any atom is -0.349 e. The van der Waals surface area contributed by atoms with Gasteiger partial charge in [-0.25, -0.2) is 0 Å². The monoisotopic (exact) mass is 286 g/mol. The second kappa shape index (κ2) is 6.61. The molecule has 0 aromatic heterocycles. The highest BCUT2D eigenvalue weighted by Crippen LogP contribution is 2.27. The van der Waals surface area contributed by atoms with Crippen LogP contribution in [0.25, 0.3) is 0 Å². The first-order valence-electron chi connectivity index (χ1n) is 8.35. The smallest absolute Gasteiger partial charge is 0.251 e. The van der Waals surface area contributed by atoms with E-state index in [9.17, 15) is 4.79 Å². The second-order valence-corrected chi connectivity index (χ2v) is 6.61. The average Bonchev–Trinajstić information content (AvgIpc) is 3.00. The molecular formula is C18H26N2O. The van der Waals surface area contributed by atoms with E-state index in [1.165, 1.54) is 36.8 Å². The van der Waals surface area contributed by atoms with Gasteiger partial charge in [-0.1, -0.05) is 24.5 Å². The van der Waals surface area contributed by atoms with E-state index in [2.05, 4.69) is 29.7 Å². The van der Waals surface area contributed by atoms with Gasteiger partial charge in [0, 0.05) is 11.6 Å². The summed E-state index contributed by atoms with van der Waals surface area (Å²) in [7, 11) is 0. The molecule has 1 heterocycles. The van der Waals surface area contributed by atoms with Gasteiger partial charge in [-0.15, -0.1) is 0 Å². The SMILES string of the molecule is Cc1cc(C(=O)NC2CCCC2)cc(C2CCNCC2)c1. The first-order chi connectivity index (χ1) is 10.2. The Balaban J connectivity index is 1.74. The van der Waals surface area contributed by atoms with E-state index in [1.807, 2.05) is 6.07 Å². The molecule has 3 rings (SSSR count). The largest absolute Gasteiger partial charge is 0.349 e. The molecule has 0 bridgehead atoms. The normalized spacial score (nSPS) is 20.6. The lowest BCUT2D eigenvalue weighted by molar-refractivity contribution is 0.0937. The molecule has 2 N–H and O–H groups in total. The van der Waals surface area contributed by atoms with Gasteiger partial charge < -0.3 is 10.6 Å². The fraction of sp³-hybridized carbons (Fsp3) is 0.611. The van der Waals surface area contributed by atoms with E-state index in [0.717, 1.165) is 31.5 Å². The summed E-state index contributed by atoms with van der Waals surface area (Å²) in [4.78, 5) is 12.5. The van der Waals surface area contributed by atoms with Crippen molar-refractivity contribution in [2.75, 3.05) is 13.1 Å². The molecule has 2 fully saturated rings. The highest BCUT2D eigenvalue weighted by atomic mass is 16.1. The van der Waals surface area contributed by atoms with Crippen molar-refractivity contribution in [1.29, 1.82) is 0 Å². The molecule has 0 spiro atoms. The number of nitrogens with one attached hydrogen (secondary N) is 2. The van der Waals surface area contributed by atoms with Crippen LogP contribution in [-0.4, -0.2) is 25.0 Å². The number of carbonyl (C=O) groups excluding carboxylic acids is 1. The fourth-order valence-electron chi connectivity index (χ4n) is 3.67. The third-order valence-electron chi connectivity index (χ3n) is 4.86. The summed E-state index contributed by atoms with van der Waals surface area (Å²) in [6, 6.07) is 6.78. The molecule has 114 valence electrons. The van der Waals surface area contributed by atoms with Crippen molar-refractivity contribution in [2.24, 2.45) is 0 Å². The zero-order chi connectivity index (χ0) is 14.7. The molecule has 3 nitrogen and oxygen atoms in total. The van der Waals surface area contributed by atoms with E-state index in [1.54, 1.807) is 0 Å². The quantitative estimate of drug-likeness (QED) is 0.896. The van der Waals surface area contributed by atoms with Crippen molar-refractivity contribution >= 4 is 5.91 Å². The van der Waals surface area contributed by atoms with Crippen molar-refractivity contribution in [3.05, 3.63) is 34.9 Å². The van der Waals surface area contributed by atoms with Crippen LogP contribution in [0.2, 0.25) is 0 Å². The van der Waals surface area contributed by atoms with Crippen LogP contribution < -0.4 is 10.6 Å². The van der Waals surface area contributed by atoms with E-state index in [0.29, 0.717) is 12.0 Å². The predicted molar refractivity (Wildman–Crippen MR) is 85.7 cm³/mol. The molecule has 1 saturated heterocycles. The molecule has 21 heavy (non-hydrogen) atoms. The summed E-state index contributed by atoms with van der Waals surface area (Å²) in [6.07, 6.45) is 7.12. The standard InChI is InChI=1S/C18H26N2O/c1-13-10-15(14-6-8-19-9-7-14)12-16(11-13)18(21)20-17-4-2-3-5-17/h10-12,14,17,19H,2-9H2,1H3,(H,20,21). The van der Waals surface area contributed by atoms with Crippen molar-refractivity contribution in [2.45, 2.75) is 57.4 Å². The second-order valence-electron chi connectivity index (χ2n) is 6.61. The number of rotatable bonds is 3. The fourth-order valence-corrected chi connectivity index (χ4v) is 3.67. The van der Waals surface area contributed by atoms with Gasteiger partial charge in [0.2, 0.25) is 0 Å². The molecule has 1 amide bonds. The Hall–Kier alpha value is -1.35. The van der Waals surface area contributed by atoms with Crippen molar-refractivity contribution in [3.8, 4) is 0 Å². The molecule has 1 saturated carbocycles. The maximum absolute atomic E-state index is 12.5. The molecule has 1 aliphatic carbocycles. The van der Waals surface area contributed by atoms with Crippen LogP contribution in [-0.2, 0) is 0 Å². The summed E-state index contributed by atoms with van der Waals surface area (Å²) in [5, 5.41) is 6.61. The molecular weight excluding hydrogens is 260 g/mol. The van der Waals surface area contributed by atoms with Gasteiger partial charge in [-0.3, -0.25) is 4.79 Å². The summed E-state index contributed by atoms with van der Waals surface area (Å²) in [5.74, 6) is 0.713. The van der Waals surface area contributed by atoms with Gasteiger partial charge in [-0.05, 0) is 69.3 Å². The number of aryl methyl sites for hydroxylation is 1. The minimum atomic E-state index is 0.112. The predicted octanol–water partition coefficient (Wildman–Crippen LogP) is 3.13. The van der Waals surface area contributed by atoms with Crippen LogP contribution in [0.4, 0.5) is 0 Å². The van der Waals surface area contributed by atoms with Crippen molar-refractivity contribution < 1.29 is 4.79 Å². The maximum Gasteiger partial charge on any atom is 0.251 e. The highest BCUT2D eigenvalue weighted by Gasteiger charge is 2.20. The van der Waals surface area contributed by atoms with E-state index in [-0.39, 0.29) is 5.91 Å². The Morgan fingerprint density at radius 2 is 1.81 bits per heavy atom. The van der Waals surface area contributed by atoms with Crippen LogP contribution in [0, 0.1) is 6.92 Å². The van der Waals surface area contributed by atoms with Gasteiger partial charge in [0.25, 0.3) is 5.91 Å². The van der Waals surface area contributed by atoms with Gasteiger partial charge in [0.1, 0.15) is 0 Å². The first-order valence-corrected chi connectivity index (χ1v) is 8.35. The molecule has 3 heteroatoms. The zero-order valence-corrected chi connectivity index (χ0v) is 13.0. The third kappa shape index (κ3) is 3.65. The van der Waals surface area contributed by atoms with Crippen LogP contribution in [0.15, 0.2) is 18.2 Å². The average molecular weight is 286 g/mol. The van der Waals surface area contributed by atoms with Gasteiger partial charge in [0.15, 0.2) is 0 Å². The lowest BCUT2D eigenvalue weighted by atomic mass is 9.88. The highest BCUT2D eigenvalue weighted by molar-refractivity contribution is 5.94. The molecule has 1 aliphatic heterocycles. The van der Waals surface area contributed by atoms with Crippen LogP contribution >= 0.6 is 0 Å². The number of benzene rings is 1. The molecule has 1 aromatic carbocycles. The Morgan fingerprint density at radius 3 is 2.52 bits per heavy atom. The van der Waals surface area contributed by atoms with Gasteiger partial charge >= 0.3 is 0 Å². The zero-order valence-electron chi connectivity index (χ0n) is 13.0. The van der Waals surface area contributed by atoms with Gasteiger partial charge in [0.05, 0.1) is 0 Å². The number of piperidine rings is 1. The number of carbonyl (C=O) groups is 1. The van der Waals surface area contributed by atoms with E-state index >= 15 is 0 Å². The molecule has 0 unspecified atom stereocenters. The van der Waals surface area contributed by atoms with Crippen LogP contribution in [0.5, 0.6) is 0 Å². The first kappa shape index (κ1) is 14.6. The number of amides is 1. The number of hydrogen-bond donors (Lipinski definition) is 2. The number of hydrogen-bond acceptors (Lipinski definition) is 2. The summed E-state index contributed by atoms with van der Waals surface area (Å²) >= 11 is 0. The molecule has 1 aromatic rings. The Morgan fingerprint density at radius 1 is 1.10 bits per heavy atom. The van der Waals surface area contributed by atoms with Crippen LogP contribution in [0.1, 0.15) is 65.9 Å². The summed E-state index contributed by atoms with van der Waals surface area (Å²) in [6.45, 7) is 4.27. The minimum absolute atomic E-state index is 0.112. The molecule has 0 radical (unpaired) electrons. The summed E-state index contributed by atoms with van der Waals surface area (Å²) < 4.78 is 0. The Bertz CT molecular complexity index is 500. The molecule has 2 aliphatic rings. The topological polar surface area (TPSA) is 41.1 Å². The van der Waals surface area contributed by atoms with E-state index in [4.69, 9.17) is 0 Å². The lowest BCUT2D eigenvalue weighted by Crippen LogP contribution is -2.32. The van der Waals surface area contributed by atoms with Crippen LogP contribution in [0.3, 0.4) is 0 Å². The maximum atomic E-state index is 12.5. The Labute approximate surface area is 127 Å². The van der Waals surface area contributed by atoms with Gasteiger partial charge in [-0.2, -0.15) is 0 Å². The van der Waals surface area contributed by atoms with Crippen molar-refractivity contribution in [1.82, 2.24) is 10.6 Å². The molecule has 0 atom stereocenters. The third-order valence-corrected chi connectivity index (χ3v) is 4.86. The lowest BCUT2D eigenvalue weighted by Gasteiger charge is -2.24. The van der Waals surface area contributed by atoms with Crippen molar-refractivity contribution in [3.63, 3.8) is 0 Å². The Kier molecular flexibility index (Phi) is 4.59. The summed E-state index contributed by atoms with van der Waals surface area (Å²) in [5.41, 5.74) is 3.38.